The van der Waals surface area contributed by atoms with Gasteiger partial charge in [-0.3, -0.25) is 4.79 Å². The van der Waals surface area contributed by atoms with Crippen LogP contribution in [0.2, 0.25) is 0 Å². The molecule has 2 fully saturated rings. The summed E-state index contributed by atoms with van der Waals surface area (Å²) in [5.74, 6) is 0.509. The summed E-state index contributed by atoms with van der Waals surface area (Å²) >= 11 is 0. The lowest BCUT2D eigenvalue weighted by molar-refractivity contribution is -0.157. The molecule has 1 atom stereocenters. The van der Waals surface area contributed by atoms with Crippen LogP contribution in [0.3, 0.4) is 0 Å². The van der Waals surface area contributed by atoms with E-state index in [-0.39, 0.29) is 11.5 Å². The van der Waals surface area contributed by atoms with Crippen molar-refractivity contribution in [3.63, 3.8) is 0 Å². The van der Waals surface area contributed by atoms with Crippen molar-refractivity contribution in [3.05, 3.63) is 0 Å². The standard InChI is InChI=1S/C14H24O4/c1-2-16-7-4-13(15)12-3-8-18-14(11-12)5-9-17-10-6-14/h12H,2-11H2,1H3. The van der Waals surface area contributed by atoms with Crippen LogP contribution in [0, 0.1) is 5.92 Å². The van der Waals surface area contributed by atoms with E-state index in [1.54, 1.807) is 0 Å². The van der Waals surface area contributed by atoms with Crippen molar-refractivity contribution in [1.82, 2.24) is 0 Å². The SMILES string of the molecule is CCOCCC(=O)C1CCOC2(CCOCC2)C1. The van der Waals surface area contributed by atoms with Crippen molar-refractivity contribution in [3.8, 4) is 0 Å². The summed E-state index contributed by atoms with van der Waals surface area (Å²) in [6.45, 7) is 5.44. The molecule has 0 amide bonds. The van der Waals surface area contributed by atoms with E-state index >= 15 is 0 Å². The fraction of sp³-hybridized carbons (Fsp3) is 0.929. The van der Waals surface area contributed by atoms with Crippen molar-refractivity contribution >= 4 is 5.78 Å². The van der Waals surface area contributed by atoms with Gasteiger partial charge < -0.3 is 14.2 Å². The molecule has 1 spiro atoms. The Balaban J connectivity index is 1.83. The van der Waals surface area contributed by atoms with Crippen molar-refractivity contribution < 1.29 is 19.0 Å². The lowest BCUT2D eigenvalue weighted by Gasteiger charge is -2.42. The van der Waals surface area contributed by atoms with Gasteiger partial charge in [0.25, 0.3) is 0 Å². The van der Waals surface area contributed by atoms with E-state index in [2.05, 4.69) is 0 Å². The molecular formula is C14H24O4. The van der Waals surface area contributed by atoms with Crippen LogP contribution in [-0.2, 0) is 19.0 Å². The number of rotatable bonds is 5. The van der Waals surface area contributed by atoms with E-state index in [9.17, 15) is 4.79 Å². The van der Waals surface area contributed by atoms with E-state index < -0.39 is 0 Å². The highest BCUT2D eigenvalue weighted by Gasteiger charge is 2.40. The molecule has 18 heavy (non-hydrogen) atoms. The topological polar surface area (TPSA) is 44.8 Å². The van der Waals surface area contributed by atoms with Gasteiger partial charge in [0.15, 0.2) is 0 Å². The Hall–Kier alpha value is -0.450. The van der Waals surface area contributed by atoms with E-state index in [0.29, 0.717) is 32.0 Å². The molecule has 104 valence electrons. The predicted molar refractivity (Wildman–Crippen MR) is 67.6 cm³/mol. The first kappa shape index (κ1) is 14.0. The van der Waals surface area contributed by atoms with Crippen molar-refractivity contribution in [2.75, 3.05) is 33.0 Å². The molecule has 1 unspecified atom stereocenters. The number of carbonyl (C=O) groups is 1. The zero-order chi connectivity index (χ0) is 12.8. The highest BCUT2D eigenvalue weighted by atomic mass is 16.5. The second kappa shape index (κ2) is 6.64. The number of Topliss-reactive ketones (excluding diaryl/α,β-unsaturated/α-hetero) is 1. The summed E-state index contributed by atoms with van der Waals surface area (Å²) < 4.78 is 16.6. The number of ketones is 1. The van der Waals surface area contributed by atoms with Crippen LogP contribution in [0.4, 0.5) is 0 Å². The Morgan fingerprint density at radius 3 is 2.83 bits per heavy atom. The molecule has 0 bridgehead atoms. The first-order valence-corrected chi connectivity index (χ1v) is 7.08. The minimum Gasteiger partial charge on any atom is -0.381 e. The van der Waals surface area contributed by atoms with Crippen molar-refractivity contribution in [2.24, 2.45) is 5.92 Å². The largest absolute Gasteiger partial charge is 0.381 e. The monoisotopic (exact) mass is 256 g/mol. The average Bonchev–Trinajstić information content (AvgIpc) is 2.40. The molecule has 4 heteroatoms. The van der Waals surface area contributed by atoms with Gasteiger partial charge in [-0.1, -0.05) is 0 Å². The zero-order valence-electron chi connectivity index (χ0n) is 11.3. The van der Waals surface area contributed by atoms with Crippen LogP contribution < -0.4 is 0 Å². The van der Waals surface area contributed by atoms with Gasteiger partial charge in [-0.25, -0.2) is 0 Å². The first-order chi connectivity index (χ1) is 8.76. The minimum atomic E-state index is -0.0809. The Morgan fingerprint density at radius 2 is 2.11 bits per heavy atom. The average molecular weight is 256 g/mol. The van der Waals surface area contributed by atoms with Crippen LogP contribution in [-0.4, -0.2) is 44.4 Å². The highest BCUT2D eigenvalue weighted by molar-refractivity contribution is 5.81. The molecule has 2 saturated heterocycles. The number of hydrogen-bond donors (Lipinski definition) is 0. The van der Waals surface area contributed by atoms with Gasteiger partial charge in [0, 0.05) is 38.8 Å². The molecule has 0 aliphatic carbocycles. The molecule has 0 aromatic carbocycles. The summed E-state index contributed by atoms with van der Waals surface area (Å²) in [6, 6.07) is 0. The van der Waals surface area contributed by atoms with Gasteiger partial charge in [0.1, 0.15) is 5.78 Å². The van der Waals surface area contributed by atoms with Crippen molar-refractivity contribution in [2.45, 2.75) is 44.6 Å². The fourth-order valence-electron chi connectivity index (χ4n) is 2.92. The van der Waals surface area contributed by atoms with E-state index in [1.165, 1.54) is 0 Å². The van der Waals surface area contributed by atoms with E-state index in [0.717, 1.165) is 38.9 Å². The summed E-state index contributed by atoms with van der Waals surface area (Å²) in [7, 11) is 0. The molecule has 4 nitrogen and oxygen atoms in total. The lowest BCUT2D eigenvalue weighted by atomic mass is 9.78. The van der Waals surface area contributed by atoms with Crippen LogP contribution in [0.25, 0.3) is 0 Å². The summed E-state index contributed by atoms with van der Waals surface area (Å²) in [4.78, 5) is 12.1. The second-order valence-corrected chi connectivity index (χ2v) is 5.25. The maximum Gasteiger partial charge on any atom is 0.138 e. The number of hydrogen-bond acceptors (Lipinski definition) is 4. The third-order valence-corrected chi connectivity index (χ3v) is 4.05. The van der Waals surface area contributed by atoms with E-state index in [4.69, 9.17) is 14.2 Å². The summed E-state index contributed by atoms with van der Waals surface area (Å²) in [5.41, 5.74) is -0.0809. The van der Waals surface area contributed by atoms with Gasteiger partial charge in [-0.2, -0.15) is 0 Å². The Bertz CT molecular complexity index is 265. The molecule has 0 saturated carbocycles. The number of ether oxygens (including phenoxy) is 3. The molecule has 2 rings (SSSR count). The lowest BCUT2D eigenvalue weighted by Crippen LogP contribution is -2.46. The smallest absolute Gasteiger partial charge is 0.138 e. The Morgan fingerprint density at radius 1 is 1.33 bits per heavy atom. The van der Waals surface area contributed by atoms with Gasteiger partial charge in [0.05, 0.1) is 12.2 Å². The maximum absolute atomic E-state index is 12.1. The normalized spacial score (nSPS) is 27.3. The van der Waals surface area contributed by atoms with Gasteiger partial charge >= 0.3 is 0 Å². The van der Waals surface area contributed by atoms with Crippen LogP contribution in [0.5, 0.6) is 0 Å². The molecular weight excluding hydrogens is 232 g/mol. The summed E-state index contributed by atoms with van der Waals surface area (Å²) in [6.07, 6.45) is 4.16. The maximum atomic E-state index is 12.1. The number of carbonyl (C=O) groups excluding carboxylic acids is 1. The molecule has 0 radical (unpaired) electrons. The molecule has 0 aromatic rings. The van der Waals surface area contributed by atoms with Crippen molar-refractivity contribution in [1.29, 1.82) is 0 Å². The third-order valence-electron chi connectivity index (χ3n) is 4.05. The van der Waals surface area contributed by atoms with Crippen LogP contribution >= 0.6 is 0 Å². The molecule has 0 N–H and O–H groups in total. The predicted octanol–water partition coefficient (Wildman–Crippen LogP) is 1.96. The Kier molecular flexibility index (Phi) is 5.15. The molecule has 2 heterocycles. The molecule has 2 aliphatic heterocycles. The first-order valence-electron chi connectivity index (χ1n) is 7.08. The van der Waals surface area contributed by atoms with Gasteiger partial charge in [0.2, 0.25) is 0 Å². The molecule has 0 aromatic heterocycles. The Labute approximate surface area is 109 Å². The zero-order valence-corrected chi connectivity index (χ0v) is 11.3. The third kappa shape index (κ3) is 3.53. The van der Waals surface area contributed by atoms with E-state index in [1.807, 2.05) is 6.92 Å². The highest BCUT2D eigenvalue weighted by Crippen LogP contribution is 2.37. The second-order valence-electron chi connectivity index (χ2n) is 5.25. The molecule has 2 aliphatic rings. The minimum absolute atomic E-state index is 0.0809. The quantitative estimate of drug-likeness (QED) is 0.705. The van der Waals surface area contributed by atoms with Gasteiger partial charge in [-0.05, 0) is 32.6 Å². The fourth-order valence-corrected chi connectivity index (χ4v) is 2.92. The van der Waals surface area contributed by atoms with Crippen LogP contribution in [0.1, 0.15) is 39.0 Å². The van der Waals surface area contributed by atoms with Gasteiger partial charge in [-0.15, -0.1) is 0 Å². The van der Waals surface area contributed by atoms with Crippen LogP contribution in [0.15, 0.2) is 0 Å². The summed E-state index contributed by atoms with van der Waals surface area (Å²) in [5, 5.41) is 0.